The lowest BCUT2D eigenvalue weighted by molar-refractivity contribution is -0.139. The number of aryl methyl sites for hydroxylation is 1. The molecule has 13 nitrogen and oxygen atoms in total. The van der Waals surface area contributed by atoms with Crippen LogP contribution in [0.3, 0.4) is 0 Å². The Hall–Kier alpha value is -5.48. The normalized spacial score (nSPS) is 21.8. The van der Waals surface area contributed by atoms with Crippen molar-refractivity contribution in [3.63, 3.8) is 0 Å². The predicted octanol–water partition coefficient (Wildman–Crippen LogP) is 10.2. The van der Waals surface area contributed by atoms with Crippen molar-refractivity contribution in [1.29, 1.82) is 5.41 Å². The lowest BCUT2D eigenvalue weighted by Gasteiger charge is -2.44. The molecule has 3 fully saturated rings. The molecule has 4 N–H and O–H groups in total. The summed E-state index contributed by atoms with van der Waals surface area (Å²) in [7, 11) is -1.32. The van der Waals surface area contributed by atoms with Crippen LogP contribution in [0.2, 0.25) is 5.02 Å². The van der Waals surface area contributed by atoms with E-state index in [4.69, 9.17) is 26.9 Å². The number of carboxylic acid groups (broad SMARTS) is 2. The van der Waals surface area contributed by atoms with Gasteiger partial charge in [-0.1, -0.05) is 54.1 Å². The Morgan fingerprint density at radius 2 is 1.72 bits per heavy atom. The van der Waals surface area contributed by atoms with Crippen LogP contribution in [0, 0.1) is 24.2 Å². The van der Waals surface area contributed by atoms with E-state index in [0.717, 1.165) is 83.9 Å². The fraction of sp³-hybridized carbons (Fsp3) is 0.412. The summed E-state index contributed by atoms with van der Waals surface area (Å²) in [6.07, 6.45) is 8.20. The van der Waals surface area contributed by atoms with Gasteiger partial charge in [0.1, 0.15) is 10.8 Å². The van der Waals surface area contributed by atoms with Gasteiger partial charge < -0.3 is 30.2 Å². The number of aromatic nitrogens is 1. The molecule has 1 saturated heterocycles. The smallest absolute Gasteiger partial charge is 0.349 e. The number of piperidine rings is 1. The number of ether oxygens (including phenoxy) is 1. The van der Waals surface area contributed by atoms with E-state index in [9.17, 15) is 33.3 Å². The zero-order valence-electron chi connectivity index (χ0n) is 37.8. The molecule has 2 saturated carbocycles. The van der Waals surface area contributed by atoms with Crippen molar-refractivity contribution in [2.24, 2.45) is 11.8 Å². The molecular formula is C51H55ClN4O9S2. The molecule has 0 radical (unpaired) electrons. The van der Waals surface area contributed by atoms with Gasteiger partial charge in [-0.2, -0.15) is 0 Å². The number of ketones is 2. The summed E-state index contributed by atoms with van der Waals surface area (Å²) in [4.78, 5) is 62.2. The van der Waals surface area contributed by atoms with Crippen LogP contribution in [0.5, 0.6) is 5.75 Å². The zero-order chi connectivity index (χ0) is 47.7. The van der Waals surface area contributed by atoms with E-state index in [0.29, 0.717) is 46.7 Å². The van der Waals surface area contributed by atoms with E-state index in [1.807, 2.05) is 66.2 Å². The Kier molecular flexibility index (Phi) is 14.3. The number of nitrogens with zero attached hydrogens (tertiary/aromatic N) is 2. The van der Waals surface area contributed by atoms with Gasteiger partial charge in [0, 0.05) is 47.2 Å². The summed E-state index contributed by atoms with van der Waals surface area (Å²) in [5.41, 5.74) is 6.03. The number of fused-ring (bicyclic) bond motifs is 1. The highest BCUT2D eigenvalue weighted by atomic mass is 35.5. The molecule has 3 atom stereocenters. The van der Waals surface area contributed by atoms with Gasteiger partial charge in [0.2, 0.25) is 5.91 Å². The van der Waals surface area contributed by atoms with Crippen LogP contribution in [0.4, 0.5) is 5.69 Å². The molecule has 2 aromatic heterocycles. The maximum absolute atomic E-state index is 14.0. The second kappa shape index (κ2) is 20.0. The number of amides is 1. The summed E-state index contributed by atoms with van der Waals surface area (Å²) in [5.74, 6) is -2.21. The highest BCUT2D eigenvalue weighted by Crippen LogP contribution is 2.46. The molecule has 3 aliphatic rings. The monoisotopic (exact) mass is 966 g/mol. The van der Waals surface area contributed by atoms with Crippen LogP contribution in [0.15, 0.2) is 72.9 Å². The highest BCUT2D eigenvalue weighted by Gasteiger charge is 2.38. The maximum Gasteiger partial charge on any atom is 0.349 e. The molecule has 2 unspecified atom stereocenters. The third-order valence-electron chi connectivity index (χ3n) is 13.6. The number of carboxylic acids is 2. The molecule has 1 aliphatic heterocycles. The number of anilines is 1. The Bertz CT molecular complexity index is 2810. The van der Waals surface area contributed by atoms with Gasteiger partial charge in [-0.05, 0) is 136 Å². The standard InChI is InChI=1S/C51H55ClN4O9S2/c1-29-26-55(42-17-15-38(57)24-40(53)45(42)60)41-16-14-35(23-39(29)41)33-10-12-34(13-11-33)49(61)54-37-9-5-7-32(22-37)28-67(64)56-19-18-31(25-51(56,2)3)20-30-6-4-8-36(21-30)47-44(52)46(65-27-43(58)59)48(66-47)50(62)63/h4-9,14,16,21-23,26,31,33-34,42,53H,10-13,15,17-20,24-25,27-28H2,1-3H3,(H,54,61)(H,58,59)(H,62,63)/t31-,33?,34?,42?,67?/m1/s1. The SMILES string of the molecule is Cc1cn(C2CCC(=O)CC(=N)C2=O)c2ccc(C3CCC(C(=O)Nc4cccc(CS(=O)N5CC[C@H](Cc6cccc(-c7sc(C(=O)O)c(OCC(=O)O)c7Cl)c6)CC5(C)C)c4)CC3)cc12. The first-order chi connectivity index (χ1) is 31.9. The van der Waals surface area contributed by atoms with Crippen molar-refractivity contribution in [3.05, 3.63) is 105 Å². The average molecular weight is 968 g/mol. The van der Waals surface area contributed by atoms with E-state index >= 15 is 0 Å². The number of benzene rings is 3. The van der Waals surface area contributed by atoms with Gasteiger partial charge in [0.05, 0.1) is 39.8 Å². The van der Waals surface area contributed by atoms with Crippen molar-refractivity contribution < 1.29 is 43.1 Å². The van der Waals surface area contributed by atoms with Crippen LogP contribution in [-0.4, -0.2) is 77.1 Å². The summed E-state index contributed by atoms with van der Waals surface area (Å²) in [5, 5.41) is 31.2. The summed E-state index contributed by atoms with van der Waals surface area (Å²) >= 11 is 7.51. The van der Waals surface area contributed by atoms with Gasteiger partial charge in [0.25, 0.3) is 0 Å². The Balaban J connectivity index is 0.838. The minimum atomic E-state index is -1.32. The third-order valence-corrected chi connectivity index (χ3v) is 17.1. The first kappa shape index (κ1) is 48.0. The number of halogens is 1. The van der Waals surface area contributed by atoms with Crippen LogP contribution < -0.4 is 10.1 Å². The van der Waals surface area contributed by atoms with E-state index in [1.165, 1.54) is 5.56 Å². The van der Waals surface area contributed by atoms with Crippen LogP contribution in [0.25, 0.3) is 21.3 Å². The van der Waals surface area contributed by atoms with Gasteiger partial charge in [-0.25, -0.2) is 18.1 Å². The Labute approximate surface area is 400 Å². The van der Waals surface area contributed by atoms with Crippen LogP contribution in [-0.2, 0) is 42.3 Å². The summed E-state index contributed by atoms with van der Waals surface area (Å²) in [6, 6.07) is 21.2. The average Bonchev–Trinajstić information content (AvgIpc) is 3.76. The molecule has 8 rings (SSSR count). The minimum Gasteiger partial charge on any atom is -0.479 e. The predicted molar refractivity (Wildman–Crippen MR) is 261 cm³/mol. The quantitative estimate of drug-likeness (QED) is 0.0783. The number of thiophene rings is 1. The van der Waals surface area contributed by atoms with Crippen LogP contribution in [0.1, 0.15) is 116 Å². The summed E-state index contributed by atoms with van der Waals surface area (Å²) < 4.78 is 23.3. The number of carbonyl (C=O) groups excluding carboxylic acids is 3. The number of hydrogen-bond donors (Lipinski definition) is 4. The number of nitrogens with one attached hydrogen (secondary N) is 2. The molecule has 3 aromatic carbocycles. The Morgan fingerprint density at radius 3 is 2.45 bits per heavy atom. The van der Waals surface area contributed by atoms with E-state index in [1.54, 1.807) is 0 Å². The molecule has 2 aliphatic carbocycles. The molecular weight excluding hydrogens is 912 g/mol. The number of aromatic carboxylic acids is 1. The van der Waals surface area contributed by atoms with Crippen molar-refractivity contribution in [3.8, 4) is 16.2 Å². The highest BCUT2D eigenvalue weighted by molar-refractivity contribution is 7.81. The van der Waals surface area contributed by atoms with Crippen molar-refractivity contribution >= 4 is 85.6 Å². The topological polar surface area (TPSA) is 196 Å². The molecule has 0 bridgehead atoms. The van der Waals surface area contributed by atoms with Crippen molar-refractivity contribution in [2.45, 2.75) is 108 Å². The number of rotatable bonds is 14. The fourth-order valence-corrected chi connectivity index (χ4v) is 13.3. The van der Waals surface area contributed by atoms with Crippen molar-refractivity contribution in [2.75, 3.05) is 18.5 Å². The second-order valence-electron chi connectivity index (χ2n) is 18.9. The molecule has 3 heterocycles. The molecule has 5 aromatic rings. The van der Waals surface area contributed by atoms with Gasteiger partial charge in [0.15, 0.2) is 23.0 Å². The molecule has 1 amide bonds. The maximum atomic E-state index is 14.0. The molecule has 67 heavy (non-hydrogen) atoms. The van der Waals surface area contributed by atoms with Gasteiger partial charge >= 0.3 is 11.9 Å². The molecule has 0 spiro atoms. The number of carbonyl (C=O) groups is 5. The van der Waals surface area contributed by atoms with Gasteiger partial charge in [-0.15, -0.1) is 11.3 Å². The lowest BCUT2D eigenvalue weighted by atomic mass is 9.78. The van der Waals surface area contributed by atoms with Crippen molar-refractivity contribution in [1.82, 2.24) is 8.87 Å². The third kappa shape index (κ3) is 10.6. The zero-order valence-corrected chi connectivity index (χ0v) is 40.2. The van der Waals surface area contributed by atoms with E-state index in [-0.39, 0.29) is 63.1 Å². The Morgan fingerprint density at radius 1 is 0.970 bits per heavy atom. The molecule has 352 valence electrons. The van der Waals surface area contributed by atoms with E-state index in [2.05, 4.69) is 41.7 Å². The number of aliphatic carboxylic acids is 1. The minimum absolute atomic E-state index is 0.0102. The first-order valence-corrected chi connectivity index (χ1v) is 25.2. The lowest BCUT2D eigenvalue weighted by Crippen LogP contribution is -2.51. The first-order valence-electron chi connectivity index (χ1n) is 22.8. The van der Waals surface area contributed by atoms with Gasteiger partial charge in [-0.3, -0.25) is 14.4 Å². The van der Waals surface area contributed by atoms with Crippen LogP contribution >= 0.6 is 22.9 Å². The molecule has 16 heteroatoms. The fourth-order valence-electron chi connectivity index (χ4n) is 10.3. The number of hydrogen-bond acceptors (Lipinski definition) is 9. The second-order valence-corrected chi connectivity index (χ2v) is 21.7. The summed E-state index contributed by atoms with van der Waals surface area (Å²) in [6.45, 7) is 6.19. The largest absolute Gasteiger partial charge is 0.479 e. The number of Topliss-reactive ketones (excluding diaryl/α,β-unsaturated/α-hetero) is 2. The van der Waals surface area contributed by atoms with E-state index < -0.39 is 35.6 Å².